The third-order valence-electron chi connectivity index (χ3n) is 3.98. The van der Waals surface area contributed by atoms with E-state index in [2.05, 4.69) is 4.98 Å². The van der Waals surface area contributed by atoms with Crippen molar-refractivity contribution >= 4 is 33.5 Å². The number of hydrogen-bond acceptors (Lipinski definition) is 7. The predicted octanol–water partition coefficient (Wildman–Crippen LogP) is 3.08. The number of carbonyl (C=O) groups is 2. The van der Waals surface area contributed by atoms with E-state index in [1.165, 1.54) is 10.9 Å². The first-order valence-electron chi connectivity index (χ1n) is 8.76. The SMILES string of the molecule is Cc1c(C(=O)OCc2ccccc2)sc2ncn(CC(=O)OC(C)C)c(=O)c12. The maximum atomic E-state index is 12.8. The summed E-state index contributed by atoms with van der Waals surface area (Å²) < 4.78 is 11.6. The number of aromatic nitrogens is 2. The Labute approximate surface area is 165 Å². The molecule has 146 valence electrons. The second-order valence-corrected chi connectivity index (χ2v) is 7.51. The van der Waals surface area contributed by atoms with E-state index in [-0.39, 0.29) is 24.8 Å². The molecule has 0 radical (unpaired) electrons. The Kier molecular flexibility index (Phi) is 5.89. The summed E-state index contributed by atoms with van der Waals surface area (Å²) in [5.74, 6) is -1.02. The number of hydrogen-bond donors (Lipinski definition) is 0. The number of rotatable bonds is 6. The van der Waals surface area contributed by atoms with E-state index in [1.54, 1.807) is 20.8 Å². The molecule has 3 rings (SSSR count). The molecule has 0 unspecified atom stereocenters. The summed E-state index contributed by atoms with van der Waals surface area (Å²) in [6.45, 7) is 5.06. The van der Waals surface area contributed by atoms with Crippen molar-refractivity contribution in [2.45, 2.75) is 40.0 Å². The van der Waals surface area contributed by atoms with Gasteiger partial charge in [0.1, 0.15) is 22.9 Å². The maximum absolute atomic E-state index is 12.8. The molecule has 0 N–H and O–H groups in total. The molecule has 0 aliphatic rings. The van der Waals surface area contributed by atoms with Crippen LogP contribution >= 0.6 is 11.3 Å². The number of carbonyl (C=O) groups excluding carboxylic acids is 2. The lowest BCUT2D eigenvalue weighted by atomic mass is 10.2. The zero-order valence-electron chi connectivity index (χ0n) is 15.8. The summed E-state index contributed by atoms with van der Waals surface area (Å²) >= 11 is 1.10. The van der Waals surface area contributed by atoms with E-state index < -0.39 is 11.9 Å². The average molecular weight is 400 g/mol. The zero-order chi connectivity index (χ0) is 20.3. The summed E-state index contributed by atoms with van der Waals surface area (Å²) in [5, 5.41) is 0.316. The van der Waals surface area contributed by atoms with Gasteiger partial charge >= 0.3 is 11.9 Å². The Morgan fingerprint density at radius 3 is 2.61 bits per heavy atom. The Hall–Kier alpha value is -3.00. The Bertz CT molecular complexity index is 1070. The van der Waals surface area contributed by atoms with Crippen LogP contribution < -0.4 is 5.56 Å². The van der Waals surface area contributed by atoms with Crippen LogP contribution in [-0.4, -0.2) is 27.6 Å². The summed E-state index contributed by atoms with van der Waals surface area (Å²) in [5.41, 5.74) is 0.988. The van der Waals surface area contributed by atoms with Crippen molar-refractivity contribution in [3.8, 4) is 0 Å². The maximum Gasteiger partial charge on any atom is 0.349 e. The molecule has 1 aromatic carbocycles. The standard InChI is InChI=1S/C20H20N2O5S/c1-12(2)27-15(23)9-22-11-21-18-16(19(22)24)13(3)17(28-18)20(25)26-10-14-7-5-4-6-8-14/h4-8,11-12H,9-10H2,1-3H3. The van der Waals surface area contributed by atoms with Crippen molar-refractivity contribution < 1.29 is 19.1 Å². The second-order valence-electron chi connectivity index (χ2n) is 6.51. The molecular weight excluding hydrogens is 380 g/mol. The Morgan fingerprint density at radius 1 is 1.21 bits per heavy atom. The van der Waals surface area contributed by atoms with E-state index in [0.717, 1.165) is 16.9 Å². The van der Waals surface area contributed by atoms with Gasteiger partial charge in [-0.05, 0) is 31.9 Å². The van der Waals surface area contributed by atoms with Gasteiger partial charge in [0.2, 0.25) is 0 Å². The lowest BCUT2D eigenvalue weighted by Gasteiger charge is -2.09. The Morgan fingerprint density at radius 2 is 1.93 bits per heavy atom. The van der Waals surface area contributed by atoms with Crippen molar-refractivity contribution in [2.75, 3.05) is 0 Å². The number of nitrogens with zero attached hydrogens (tertiary/aromatic N) is 2. The first kappa shape index (κ1) is 19.8. The van der Waals surface area contributed by atoms with Gasteiger partial charge in [-0.15, -0.1) is 11.3 Å². The highest BCUT2D eigenvalue weighted by molar-refractivity contribution is 7.20. The molecule has 2 heterocycles. The van der Waals surface area contributed by atoms with E-state index >= 15 is 0 Å². The molecule has 0 saturated carbocycles. The molecule has 0 fully saturated rings. The number of ether oxygens (including phenoxy) is 2. The largest absolute Gasteiger partial charge is 0.462 e. The van der Waals surface area contributed by atoms with Gasteiger partial charge in [-0.1, -0.05) is 30.3 Å². The average Bonchev–Trinajstić information content (AvgIpc) is 2.99. The van der Waals surface area contributed by atoms with Crippen molar-refractivity contribution in [3.05, 3.63) is 63.0 Å². The highest BCUT2D eigenvalue weighted by Gasteiger charge is 2.21. The molecule has 7 nitrogen and oxygen atoms in total. The summed E-state index contributed by atoms with van der Waals surface area (Å²) in [4.78, 5) is 42.1. The highest BCUT2D eigenvalue weighted by Crippen LogP contribution is 2.27. The van der Waals surface area contributed by atoms with Crippen LogP contribution in [0.15, 0.2) is 41.5 Å². The molecule has 0 atom stereocenters. The van der Waals surface area contributed by atoms with Gasteiger partial charge in [0, 0.05) is 0 Å². The van der Waals surface area contributed by atoms with Crippen LogP contribution in [0.25, 0.3) is 10.2 Å². The Balaban J connectivity index is 1.84. The van der Waals surface area contributed by atoms with Crippen molar-refractivity contribution in [1.82, 2.24) is 9.55 Å². The molecular formula is C20H20N2O5S. The van der Waals surface area contributed by atoms with Crippen molar-refractivity contribution in [3.63, 3.8) is 0 Å². The molecule has 0 bridgehead atoms. The van der Waals surface area contributed by atoms with Gasteiger partial charge in [0.15, 0.2) is 0 Å². The van der Waals surface area contributed by atoms with Crippen LogP contribution in [0, 0.1) is 6.92 Å². The third kappa shape index (κ3) is 4.28. The van der Waals surface area contributed by atoms with Gasteiger partial charge in [0.05, 0.1) is 17.8 Å². The van der Waals surface area contributed by atoms with Crippen molar-refractivity contribution in [1.29, 1.82) is 0 Å². The van der Waals surface area contributed by atoms with Gasteiger partial charge < -0.3 is 9.47 Å². The van der Waals surface area contributed by atoms with E-state index in [1.807, 2.05) is 30.3 Å². The quantitative estimate of drug-likeness (QED) is 0.591. The first-order valence-corrected chi connectivity index (χ1v) is 9.57. The molecule has 8 heteroatoms. The monoisotopic (exact) mass is 400 g/mol. The third-order valence-corrected chi connectivity index (χ3v) is 5.16. The first-order chi connectivity index (χ1) is 13.4. The fraction of sp³-hybridized carbons (Fsp3) is 0.300. The number of thiophene rings is 1. The molecule has 0 aliphatic heterocycles. The van der Waals surface area contributed by atoms with Gasteiger partial charge in [-0.25, -0.2) is 9.78 Å². The van der Waals surface area contributed by atoms with Gasteiger partial charge in [0.25, 0.3) is 5.56 Å². The normalized spacial score (nSPS) is 11.0. The molecule has 28 heavy (non-hydrogen) atoms. The van der Waals surface area contributed by atoms with Crippen molar-refractivity contribution in [2.24, 2.45) is 0 Å². The zero-order valence-corrected chi connectivity index (χ0v) is 16.6. The number of fused-ring (bicyclic) bond motifs is 1. The van der Waals surface area contributed by atoms with Crippen LogP contribution in [-0.2, 0) is 27.4 Å². The minimum absolute atomic E-state index is 0.145. The van der Waals surface area contributed by atoms with E-state index in [9.17, 15) is 14.4 Å². The smallest absolute Gasteiger partial charge is 0.349 e. The topological polar surface area (TPSA) is 87.5 Å². The van der Waals surface area contributed by atoms with Crippen LogP contribution in [0.1, 0.15) is 34.6 Å². The molecule has 0 amide bonds. The number of benzene rings is 1. The van der Waals surface area contributed by atoms with Crippen LogP contribution in [0.4, 0.5) is 0 Å². The van der Waals surface area contributed by atoms with Crippen LogP contribution in [0.5, 0.6) is 0 Å². The van der Waals surface area contributed by atoms with E-state index in [4.69, 9.17) is 9.47 Å². The number of aryl methyl sites for hydroxylation is 1. The summed E-state index contributed by atoms with van der Waals surface area (Å²) in [6, 6.07) is 9.34. The predicted molar refractivity (Wildman–Crippen MR) is 105 cm³/mol. The van der Waals surface area contributed by atoms with E-state index in [0.29, 0.717) is 20.7 Å². The minimum Gasteiger partial charge on any atom is -0.462 e. The van der Waals surface area contributed by atoms with Crippen LogP contribution in [0.3, 0.4) is 0 Å². The molecule has 2 aromatic heterocycles. The highest BCUT2D eigenvalue weighted by atomic mass is 32.1. The molecule has 0 saturated heterocycles. The fourth-order valence-corrected chi connectivity index (χ4v) is 3.73. The van der Waals surface area contributed by atoms with Gasteiger partial charge in [-0.2, -0.15) is 0 Å². The second kappa shape index (κ2) is 8.35. The molecule has 0 spiro atoms. The summed E-state index contributed by atoms with van der Waals surface area (Å²) in [7, 11) is 0. The summed E-state index contributed by atoms with van der Waals surface area (Å²) in [6.07, 6.45) is 1.02. The number of esters is 2. The fourth-order valence-electron chi connectivity index (χ4n) is 2.69. The van der Waals surface area contributed by atoms with Crippen LogP contribution in [0.2, 0.25) is 0 Å². The lowest BCUT2D eigenvalue weighted by Crippen LogP contribution is -2.26. The molecule has 0 aliphatic carbocycles. The lowest BCUT2D eigenvalue weighted by molar-refractivity contribution is -0.148. The molecule has 3 aromatic rings. The minimum atomic E-state index is -0.520. The van der Waals surface area contributed by atoms with Gasteiger partial charge in [-0.3, -0.25) is 14.2 Å².